The summed E-state index contributed by atoms with van der Waals surface area (Å²) in [5, 5.41) is 20.1. The van der Waals surface area contributed by atoms with Crippen LogP contribution in [-0.2, 0) is 4.74 Å². The largest absolute Gasteiger partial charge is 0.382 e. The van der Waals surface area contributed by atoms with Crippen LogP contribution in [0, 0.1) is 23.7 Å². The Morgan fingerprint density at radius 2 is 2.19 bits per heavy atom. The third-order valence-electron chi connectivity index (χ3n) is 3.15. The number of nitrogens with one attached hydrogen (secondary N) is 2. The number of ether oxygens (including phenoxy) is 1. The Kier molecular flexibility index (Phi) is 4.74. The highest BCUT2D eigenvalue weighted by atomic mass is 16.5. The Labute approximate surface area is 123 Å². The second-order valence-electron chi connectivity index (χ2n) is 4.72. The van der Waals surface area contributed by atoms with Crippen LogP contribution in [0.4, 0.5) is 11.4 Å². The fourth-order valence-corrected chi connectivity index (χ4v) is 2.08. The molecule has 0 aliphatic carbocycles. The van der Waals surface area contributed by atoms with Crippen molar-refractivity contribution in [1.82, 2.24) is 0 Å². The topological polar surface area (TPSA) is 111 Å². The third kappa shape index (κ3) is 3.70. The second kappa shape index (κ2) is 6.72. The van der Waals surface area contributed by atoms with Gasteiger partial charge in [-0.15, -0.1) is 0 Å². The molecule has 21 heavy (non-hydrogen) atoms. The third-order valence-corrected chi connectivity index (χ3v) is 3.15. The molecule has 0 aromatic heterocycles. The van der Waals surface area contributed by atoms with Crippen molar-refractivity contribution in [3.05, 3.63) is 23.8 Å². The fraction of sp³-hybridized carbons (Fsp3) is 0.357. The first-order chi connectivity index (χ1) is 10.1. The molecule has 7 nitrogen and oxygen atoms in total. The van der Waals surface area contributed by atoms with Crippen LogP contribution >= 0.6 is 0 Å². The quantitative estimate of drug-likeness (QED) is 0.435. The van der Waals surface area contributed by atoms with E-state index in [4.69, 9.17) is 21.1 Å². The molecule has 110 valence electrons. The highest BCUT2D eigenvalue weighted by molar-refractivity contribution is 6.45. The molecular weight excluding hydrogens is 268 g/mol. The molecule has 4 N–H and O–H groups in total. The molecule has 1 aromatic carbocycles. The van der Waals surface area contributed by atoms with Gasteiger partial charge in [0.05, 0.1) is 24.6 Å². The van der Waals surface area contributed by atoms with Gasteiger partial charge in [0, 0.05) is 13.1 Å². The average molecular weight is 286 g/mol. The molecule has 7 heteroatoms. The lowest BCUT2D eigenvalue weighted by molar-refractivity contribution is 0.123. The minimum Gasteiger partial charge on any atom is -0.382 e. The van der Waals surface area contributed by atoms with Gasteiger partial charge in [0.25, 0.3) is 0 Å². The molecule has 1 aliphatic rings. The number of nitrogens with zero attached hydrogens (tertiary/aromatic N) is 3. The summed E-state index contributed by atoms with van der Waals surface area (Å²) in [6.45, 7) is 4.97. The van der Waals surface area contributed by atoms with E-state index in [2.05, 4.69) is 15.4 Å². The molecule has 1 heterocycles. The van der Waals surface area contributed by atoms with Crippen molar-refractivity contribution in [1.29, 1.82) is 10.7 Å². The maximum Gasteiger partial charge on any atom is 0.201 e. The number of nitriles is 1. The van der Waals surface area contributed by atoms with E-state index >= 15 is 0 Å². The normalized spacial score (nSPS) is 15.4. The van der Waals surface area contributed by atoms with Gasteiger partial charge in [-0.3, -0.25) is 10.8 Å². The highest BCUT2D eigenvalue weighted by Gasteiger charge is 2.15. The molecule has 1 aromatic rings. The van der Waals surface area contributed by atoms with E-state index in [1.165, 1.54) is 0 Å². The van der Waals surface area contributed by atoms with Gasteiger partial charge >= 0.3 is 0 Å². The van der Waals surface area contributed by atoms with Crippen molar-refractivity contribution >= 4 is 22.9 Å². The van der Waals surface area contributed by atoms with Crippen LogP contribution < -0.4 is 16.1 Å². The lowest BCUT2D eigenvalue weighted by atomic mass is 10.1. The van der Waals surface area contributed by atoms with E-state index in [-0.39, 0.29) is 11.5 Å². The summed E-state index contributed by atoms with van der Waals surface area (Å²) in [6.07, 6.45) is 0. The number of anilines is 2. The van der Waals surface area contributed by atoms with Crippen LogP contribution in [0.5, 0.6) is 0 Å². The highest BCUT2D eigenvalue weighted by Crippen LogP contribution is 2.27. The zero-order valence-electron chi connectivity index (χ0n) is 11.9. The Bertz CT molecular complexity index is 598. The van der Waals surface area contributed by atoms with Gasteiger partial charge in [-0.2, -0.15) is 10.4 Å². The number of hydrogen-bond donors (Lipinski definition) is 3. The first-order valence-corrected chi connectivity index (χ1v) is 6.63. The number of aryl methyl sites for hydroxylation is 1. The van der Waals surface area contributed by atoms with Crippen molar-refractivity contribution in [2.75, 3.05) is 36.6 Å². The van der Waals surface area contributed by atoms with Crippen LogP contribution in [0.2, 0.25) is 0 Å². The Morgan fingerprint density at radius 3 is 2.81 bits per heavy atom. The molecule has 0 saturated carbocycles. The zero-order valence-corrected chi connectivity index (χ0v) is 11.9. The SMILES string of the molecule is Cc1ccc(N2CCOCC2)c(N/N=C(\C#N)C(=N)N)c1. The van der Waals surface area contributed by atoms with Crippen molar-refractivity contribution in [2.45, 2.75) is 6.92 Å². The van der Waals surface area contributed by atoms with Gasteiger partial charge in [-0.1, -0.05) is 6.07 Å². The van der Waals surface area contributed by atoms with Crippen LogP contribution in [0.15, 0.2) is 23.3 Å². The van der Waals surface area contributed by atoms with Crippen molar-refractivity contribution in [2.24, 2.45) is 10.8 Å². The lowest BCUT2D eigenvalue weighted by Crippen LogP contribution is -2.36. The van der Waals surface area contributed by atoms with E-state index in [0.717, 1.165) is 30.0 Å². The van der Waals surface area contributed by atoms with Gasteiger partial charge in [0.15, 0.2) is 5.84 Å². The molecule has 1 fully saturated rings. The number of benzene rings is 1. The average Bonchev–Trinajstić information content (AvgIpc) is 2.48. The Morgan fingerprint density at radius 1 is 1.48 bits per heavy atom. The van der Waals surface area contributed by atoms with Crippen LogP contribution in [0.3, 0.4) is 0 Å². The van der Waals surface area contributed by atoms with Crippen molar-refractivity contribution in [3.63, 3.8) is 0 Å². The first kappa shape index (κ1) is 14.8. The number of hydrogen-bond acceptors (Lipinski definition) is 6. The number of amidine groups is 1. The molecular formula is C14H18N6O. The second-order valence-corrected chi connectivity index (χ2v) is 4.72. The smallest absolute Gasteiger partial charge is 0.201 e. The number of nitrogens with two attached hydrogens (primary N) is 1. The van der Waals surface area contributed by atoms with Gasteiger partial charge in [-0.05, 0) is 24.6 Å². The maximum absolute atomic E-state index is 8.88. The summed E-state index contributed by atoms with van der Waals surface area (Å²) in [4.78, 5) is 2.20. The predicted molar refractivity (Wildman–Crippen MR) is 82.8 cm³/mol. The number of rotatable bonds is 4. The van der Waals surface area contributed by atoms with Crippen molar-refractivity contribution in [3.8, 4) is 6.07 Å². The minimum absolute atomic E-state index is 0.135. The zero-order chi connectivity index (χ0) is 15.2. The van der Waals surface area contributed by atoms with Crippen molar-refractivity contribution < 1.29 is 4.74 Å². The molecule has 0 amide bonds. The van der Waals surface area contributed by atoms with E-state index in [0.29, 0.717) is 13.2 Å². The molecule has 1 saturated heterocycles. The Hall–Kier alpha value is -2.59. The molecule has 1 aliphatic heterocycles. The van der Waals surface area contributed by atoms with Gasteiger partial charge in [0.2, 0.25) is 5.71 Å². The summed E-state index contributed by atoms with van der Waals surface area (Å²) in [7, 11) is 0. The summed E-state index contributed by atoms with van der Waals surface area (Å²) >= 11 is 0. The fourth-order valence-electron chi connectivity index (χ4n) is 2.08. The monoisotopic (exact) mass is 286 g/mol. The summed E-state index contributed by atoms with van der Waals surface area (Å²) in [5.41, 5.74) is 10.8. The molecule has 0 bridgehead atoms. The number of hydrazone groups is 1. The van der Waals surface area contributed by atoms with Crippen LogP contribution in [-0.4, -0.2) is 37.9 Å². The van der Waals surface area contributed by atoms with Gasteiger partial charge in [0.1, 0.15) is 6.07 Å². The molecule has 0 unspecified atom stereocenters. The lowest BCUT2D eigenvalue weighted by Gasteiger charge is -2.30. The van der Waals surface area contributed by atoms with E-state index in [1.807, 2.05) is 25.1 Å². The van der Waals surface area contributed by atoms with E-state index in [9.17, 15) is 0 Å². The molecule has 0 atom stereocenters. The van der Waals surface area contributed by atoms with Gasteiger partial charge < -0.3 is 15.4 Å². The predicted octanol–water partition coefficient (Wildman–Crippen LogP) is 1.06. The summed E-state index contributed by atoms with van der Waals surface area (Å²) < 4.78 is 5.35. The Balaban J connectivity index is 2.27. The van der Waals surface area contributed by atoms with Crippen LogP contribution in [0.1, 0.15) is 5.56 Å². The van der Waals surface area contributed by atoms with Crippen LogP contribution in [0.25, 0.3) is 0 Å². The number of morpholine rings is 1. The summed E-state index contributed by atoms with van der Waals surface area (Å²) in [5.74, 6) is -0.356. The molecule has 0 spiro atoms. The molecule has 0 radical (unpaired) electrons. The first-order valence-electron chi connectivity index (χ1n) is 6.63. The van der Waals surface area contributed by atoms with Gasteiger partial charge in [-0.25, -0.2) is 0 Å². The standard InChI is InChI=1S/C14H18N6O/c1-10-2-3-13(20-4-6-21-7-5-20)11(8-10)18-19-12(9-15)14(16)17/h2-3,8,18H,4-7H2,1H3,(H3,16,17)/b19-12+. The maximum atomic E-state index is 8.88. The minimum atomic E-state index is -0.356. The van der Waals surface area contributed by atoms with E-state index < -0.39 is 0 Å². The molecule has 2 rings (SSSR count). The van der Waals surface area contributed by atoms with E-state index in [1.54, 1.807) is 6.07 Å². The summed E-state index contributed by atoms with van der Waals surface area (Å²) in [6, 6.07) is 7.77.